The van der Waals surface area contributed by atoms with Crippen LogP contribution >= 0.6 is 23.5 Å². The van der Waals surface area contributed by atoms with Crippen molar-refractivity contribution in [3.63, 3.8) is 0 Å². The molecule has 0 radical (unpaired) electrons. The summed E-state index contributed by atoms with van der Waals surface area (Å²) in [6.45, 7) is 4.22. The van der Waals surface area contributed by atoms with Crippen molar-refractivity contribution < 1.29 is 4.79 Å². The van der Waals surface area contributed by atoms with Gasteiger partial charge in [0.25, 0.3) is 0 Å². The number of thioether (sulfide) groups is 2. The Bertz CT molecular complexity index is 628. The van der Waals surface area contributed by atoms with Gasteiger partial charge in [0.1, 0.15) is 0 Å². The highest BCUT2D eigenvalue weighted by Crippen LogP contribution is 2.26. The van der Waals surface area contributed by atoms with Crippen molar-refractivity contribution in [2.75, 3.05) is 16.8 Å². The van der Waals surface area contributed by atoms with E-state index in [1.165, 1.54) is 11.1 Å². The van der Waals surface area contributed by atoms with E-state index < -0.39 is 0 Å². The summed E-state index contributed by atoms with van der Waals surface area (Å²) < 4.78 is 0. The second-order valence-electron chi connectivity index (χ2n) is 4.90. The maximum atomic E-state index is 12.1. The standard InChI is InChI=1S/C18H21NOS2/c1-3-22-17-11-7-6-10-16(17)19-18(20)13-21-12-15-9-5-4-8-14(15)2/h4-11H,3,12-13H2,1-2H3,(H,19,20). The summed E-state index contributed by atoms with van der Waals surface area (Å²) in [6, 6.07) is 16.3. The van der Waals surface area contributed by atoms with E-state index in [2.05, 4.69) is 31.3 Å². The topological polar surface area (TPSA) is 29.1 Å². The highest BCUT2D eigenvalue weighted by molar-refractivity contribution is 7.99. The van der Waals surface area contributed by atoms with Crippen LogP contribution in [0.15, 0.2) is 53.4 Å². The van der Waals surface area contributed by atoms with Crippen LogP contribution in [0.5, 0.6) is 0 Å². The summed E-state index contributed by atoms with van der Waals surface area (Å²) in [7, 11) is 0. The van der Waals surface area contributed by atoms with Crippen LogP contribution < -0.4 is 5.32 Å². The van der Waals surface area contributed by atoms with E-state index in [-0.39, 0.29) is 5.91 Å². The van der Waals surface area contributed by atoms with Crippen LogP contribution in [-0.4, -0.2) is 17.4 Å². The summed E-state index contributed by atoms with van der Waals surface area (Å²) in [5, 5.41) is 3.02. The minimum Gasteiger partial charge on any atom is -0.324 e. The van der Waals surface area contributed by atoms with Gasteiger partial charge in [-0.3, -0.25) is 4.79 Å². The Morgan fingerprint density at radius 2 is 1.82 bits per heavy atom. The fraction of sp³-hybridized carbons (Fsp3) is 0.278. The molecule has 0 fully saturated rings. The average molecular weight is 332 g/mol. The van der Waals surface area contributed by atoms with Crippen LogP contribution in [0.3, 0.4) is 0 Å². The number of aryl methyl sites for hydroxylation is 1. The monoisotopic (exact) mass is 331 g/mol. The Morgan fingerprint density at radius 1 is 1.09 bits per heavy atom. The third kappa shape index (κ3) is 5.11. The van der Waals surface area contributed by atoms with Crippen molar-refractivity contribution >= 4 is 35.1 Å². The minimum absolute atomic E-state index is 0.0581. The molecule has 1 amide bonds. The minimum atomic E-state index is 0.0581. The number of para-hydroxylation sites is 1. The van der Waals surface area contributed by atoms with Gasteiger partial charge in [0, 0.05) is 10.6 Å². The van der Waals surface area contributed by atoms with Crippen molar-refractivity contribution in [1.29, 1.82) is 0 Å². The Labute approximate surface area is 141 Å². The summed E-state index contributed by atoms with van der Waals surface area (Å²) in [5.74, 6) is 2.39. The Morgan fingerprint density at radius 3 is 2.59 bits per heavy atom. The SMILES string of the molecule is CCSc1ccccc1NC(=O)CSCc1ccccc1C. The Hall–Kier alpha value is -1.39. The van der Waals surface area contributed by atoms with Gasteiger partial charge in [0.15, 0.2) is 0 Å². The normalized spacial score (nSPS) is 10.5. The lowest BCUT2D eigenvalue weighted by molar-refractivity contribution is -0.113. The van der Waals surface area contributed by atoms with E-state index in [1.807, 2.05) is 36.4 Å². The molecule has 2 aromatic rings. The number of hydrogen-bond donors (Lipinski definition) is 1. The quantitative estimate of drug-likeness (QED) is 0.726. The van der Waals surface area contributed by atoms with Crippen molar-refractivity contribution in [3.8, 4) is 0 Å². The first-order valence-electron chi connectivity index (χ1n) is 7.34. The zero-order valence-corrected chi connectivity index (χ0v) is 14.6. The number of carbonyl (C=O) groups excluding carboxylic acids is 1. The fourth-order valence-electron chi connectivity index (χ4n) is 2.06. The highest BCUT2D eigenvalue weighted by atomic mass is 32.2. The molecule has 116 valence electrons. The van der Waals surface area contributed by atoms with Crippen LogP contribution in [0.2, 0.25) is 0 Å². The second kappa shape index (κ2) is 8.91. The number of nitrogens with one attached hydrogen (secondary N) is 1. The van der Waals surface area contributed by atoms with E-state index in [4.69, 9.17) is 0 Å². The van der Waals surface area contributed by atoms with Crippen molar-refractivity contribution in [3.05, 3.63) is 59.7 Å². The zero-order valence-electron chi connectivity index (χ0n) is 13.0. The van der Waals surface area contributed by atoms with Crippen molar-refractivity contribution in [1.82, 2.24) is 0 Å². The first-order valence-corrected chi connectivity index (χ1v) is 9.48. The van der Waals surface area contributed by atoms with E-state index in [0.717, 1.165) is 22.1 Å². The molecule has 0 saturated carbocycles. The lowest BCUT2D eigenvalue weighted by Gasteiger charge is -2.10. The van der Waals surface area contributed by atoms with E-state index >= 15 is 0 Å². The Kier molecular flexibility index (Phi) is 6.87. The molecule has 4 heteroatoms. The molecule has 0 aliphatic carbocycles. The number of rotatable bonds is 7. The predicted octanol–water partition coefficient (Wildman–Crippen LogP) is 4.98. The number of anilines is 1. The molecule has 0 atom stereocenters. The lowest BCUT2D eigenvalue weighted by atomic mass is 10.1. The fourth-order valence-corrected chi connectivity index (χ4v) is 3.73. The van der Waals surface area contributed by atoms with Gasteiger partial charge in [0.2, 0.25) is 5.91 Å². The summed E-state index contributed by atoms with van der Waals surface area (Å²) in [4.78, 5) is 13.2. The van der Waals surface area contributed by atoms with Gasteiger partial charge in [-0.05, 0) is 35.9 Å². The molecule has 0 spiro atoms. The molecular weight excluding hydrogens is 310 g/mol. The maximum absolute atomic E-state index is 12.1. The summed E-state index contributed by atoms with van der Waals surface area (Å²) in [6.07, 6.45) is 0. The first-order chi connectivity index (χ1) is 10.7. The molecule has 0 heterocycles. The number of amides is 1. The summed E-state index contributed by atoms with van der Waals surface area (Å²) >= 11 is 3.39. The van der Waals surface area contributed by atoms with Crippen LogP contribution in [0, 0.1) is 6.92 Å². The second-order valence-corrected chi connectivity index (χ2v) is 7.19. The van der Waals surface area contributed by atoms with Gasteiger partial charge < -0.3 is 5.32 Å². The van der Waals surface area contributed by atoms with Gasteiger partial charge in [-0.1, -0.05) is 43.3 Å². The van der Waals surface area contributed by atoms with E-state index in [1.54, 1.807) is 23.5 Å². The molecule has 0 bridgehead atoms. The third-order valence-corrected chi connectivity index (χ3v) is 5.15. The van der Waals surface area contributed by atoms with Crippen molar-refractivity contribution in [2.24, 2.45) is 0 Å². The average Bonchev–Trinajstić information content (AvgIpc) is 2.51. The van der Waals surface area contributed by atoms with Gasteiger partial charge >= 0.3 is 0 Å². The highest BCUT2D eigenvalue weighted by Gasteiger charge is 2.07. The molecule has 0 unspecified atom stereocenters. The molecule has 0 saturated heterocycles. The largest absolute Gasteiger partial charge is 0.324 e. The van der Waals surface area contributed by atoms with Gasteiger partial charge in [0.05, 0.1) is 11.4 Å². The smallest absolute Gasteiger partial charge is 0.234 e. The lowest BCUT2D eigenvalue weighted by Crippen LogP contribution is -2.14. The third-order valence-electron chi connectivity index (χ3n) is 3.21. The maximum Gasteiger partial charge on any atom is 0.234 e. The molecule has 0 aliphatic rings. The van der Waals surface area contributed by atoms with Gasteiger partial charge in [-0.15, -0.1) is 23.5 Å². The molecule has 22 heavy (non-hydrogen) atoms. The molecule has 2 rings (SSSR count). The molecule has 2 aromatic carbocycles. The van der Waals surface area contributed by atoms with Gasteiger partial charge in [-0.25, -0.2) is 0 Å². The van der Waals surface area contributed by atoms with Crippen LogP contribution in [0.4, 0.5) is 5.69 Å². The number of carbonyl (C=O) groups is 1. The number of benzene rings is 2. The zero-order chi connectivity index (χ0) is 15.8. The number of hydrogen-bond acceptors (Lipinski definition) is 3. The molecule has 0 aliphatic heterocycles. The predicted molar refractivity (Wildman–Crippen MR) is 98.8 cm³/mol. The van der Waals surface area contributed by atoms with Gasteiger partial charge in [-0.2, -0.15) is 0 Å². The molecule has 2 nitrogen and oxygen atoms in total. The van der Waals surface area contributed by atoms with Crippen LogP contribution in [-0.2, 0) is 10.5 Å². The van der Waals surface area contributed by atoms with Crippen molar-refractivity contribution in [2.45, 2.75) is 24.5 Å². The van der Waals surface area contributed by atoms with Crippen LogP contribution in [0.25, 0.3) is 0 Å². The van der Waals surface area contributed by atoms with E-state index in [0.29, 0.717) is 5.75 Å². The first kappa shape index (κ1) is 17.0. The van der Waals surface area contributed by atoms with E-state index in [9.17, 15) is 4.79 Å². The summed E-state index contributed by atoms with van der Waals surface area (Å²) in [5.41, 5.74) is 3.48. The van der Waals surface area contributed by atoms with Crippen LogP contribution in [0.1, 0.15) is 18.1 Å². The Balaban J connectivity index is 1.85. The molecule has 1 N–H and O–H groups in total. The molecule has 0 aromatic heterocycles. The molecular formula is C18H21NOS2.